The van der Waals surface area contributed by atoms with Crippen molar-refractivity contribution in [1.29, 1.82) is 0 Å². The Morgan fingerprint density at radius 2 is 2.11 bits per heavy atom. The highest BCUT2D eigenvalue weighted by molar-refractivity contribution is 5.54. The Labute approximate surface area is 108 Å². The second kappa shape index (κ2) is 5.61. The van der Waals surface area contributed by atoms with Crippen molar-refractivity contribution in [2.24, 2.45) is 13.0 Å². The molecule has 1 aromatic rings. The third-order valence-electron chi connectivity index (χ3n) is 3.40. The van der Waals surface area contributed by atoms with Crippen LogP contribution in [0.15, 0.2) is 0 Å². The molecule has 1 aromatic heterocycles. The molecule has 0 amide bonds. The number of rotatable bonds is 4. The topological polar surface area (TPSA) is 62.3 Å². The molecule has 18 heavy (non-hydrogen) atoms. The van der Waals surface area contributed by atoms with Gasteiger partial charge in [0.15, 0.2) is 0 Å². The molecule has 0 atom stereocenters. The van der Waals surface area contributed by atoms with Gasteiger partial charge in [0, 0.05) is 20.3 Å². The summed E-state index contributed by atoms with van der Waals surface area (Å²) < 4.78 is 12.9. The van der Waals surface area contributed by atoms with E-state index in [1.807, 2.05) is 7.05 Å². The Morgan fingerprint density at radius 3 is 2.67 bits per heavy atom. The number of aromatic nitrogens is 2. The van der Waals surface area contributed by atoms with Gasteiger partial charge in [0.05, 0.1) is 12.3 Å². The number of aryl methyl sites for hydroxylation is 1. The van der Waals surface area contributed by atoms with Crippen LogP contribution in [0.4, 0.5) is 5.69 Å². The standard InChI is InChI=1S/C13H23N3O2/c1-9(2)12-11(14)13(16(3)15-12)18-8-10-4-6-17-7-5-10/h9-10H,4-8,14H2,1-3H3. The average molecular weight is 253 g/mol. The van der Waals surface area contributed by atoms with Crippen LogP contribution >= 0.6 is 0 Å². The van der Waals surface area contributed by atoms with Crippen molar-refractivity contribution < 1.29 is 9.47 Å². The molecule has 0 unspecified atom stereocenters. The number of nitrogens with zero attached hydrogens (tertiary/aromatic N) is 2. The van der Waals surface area contributed by atoms with Crippen molar-refractivity contribution >= 4 is 5.69 Å². The van der Waals surface area contributed by atoms with Gasteiger partial charge < -0.3 is 15.2 Å². The minimum Gasteiger partial charge on any atom is -0.476 e. The molecular weight excluding hydrogens is 230 g/mol. The fourth-order valence-electron chi connectivity index (χ4n) is 2.25. The van der Waals surface area contributed by atoms with Gasteiger partial charge in [-0.3, -0.25) is 0 Å². The van der Waals surface area contributed by atoms with Gasteiger partial charge in [-0.2, -0.15) is 5.10 Å². The molecule has 5 heteroatoms. The zero-order valence-electron chi connectivity index (χ0n) is 11.5. The molecule has 2 heterocycles. The molecule has 1 saturated heterocycles. The summed E-state index contributed by atoms with van der Waals surface area (Å²) in [5, 5.41) is 4.42. The van der Waals surface area contributed by atoms with Crippen LogP contribution in [0.3, 0.4) is 0 Å². The van der Waals surface area contributed by atoms with Crippen molar-refractivity contribution in [3.63, 3.8) is 0 Å². The molecular formula is C13H23N3O2. The molecule has 0 radical (unpaired) electrons. The van der Waals surface area contributed by atoms with Crippen molar-refractivity contribution in [2.45, 2.75) is 32.6 Å². The Bertz CT molecular complexity index is 395. The number of ether oxygens (including phenoxy) is 2. The zero-order valence-corrected chi connectivity index (χ0v) is 11.5. The van der Waals surface area contributed by atoms with E-state index in [-0.39, 0.29) is 0 Å². The minimum atomic E-state index is 0.316. The molecule has 0 aliphatic carbocycles. The zero-order chi connectivity index (χ0) is 13.1. The first-order valence-corrected chi connectivity index (χ1v) is 6.62. The first kappa shape index (κ1) is 13.2. The summed E-state index contributed by atoms with van der Waals surface area (Å²) in [5.74, 6) is 1.58. The maximum Gasteiger partial charge on any atom is 0.235 e. The Morgan fingerprint density at radius 1 is 1.44 bits per heavy atom. The van der Waals surface area contributed by atoms with E-state index in [4.69, 9.17) is 15.2 Å². The lowest BCUT2D eigenvalue weighted by Crippen LogP contribution is -2.22. The van der Waals surface area contributed by atoms with E-state index in [9.17, 15) is 0 Å². The number of anilines is 1. The molecule has 0 bridgehead atoms. The van der Waals surface area contributed by atoms with Crippen molar-refractivity contribution in [3.8, 4) is 5.88 Å². The number of nitrogens with two attached hydrogens (primary N) is 1. The lowest BCUT2D eigenvalue weighted by molar-refractivity contribution is 0.0485. The van der Waals surface area contributed by atoms with Crippen LogP contribution in [0.25, 0.3) is 0 Å². The summed E-state index contributed by atoms with van der Waals surface area (Å²) in [6.45, 7) is 6.55. The summed E-state index contributed by atoms with van der Waals surface area (Å²) in [6.07, 6.45) is 2.13. The molecule has 102 valence electrons. The first-order valence-electron chi connectivity index (χ1n) is 6.62. The van der Waals surface area contributed by atoms with Gasteiger partial charge >= 0.3 is 0 Å². The van der Waals surface area contributed by atoms with E-state index >= 15 is 0 Å². The van der Waals surface area contributed by atoms with Gasteiger partial charge in [-0.25, -0.2) is 4.68 Å². The normalized spacial score (nSPS) is 17.3. The third kappa shape index (κ3) is 2.77. The van der Waals surface area contributed by atoms with Crippen molar-refractivity contribution in [2.75, 3.05) is 25.6 Å². The molecule has 0 saturated carbocycles. The monoisotopic (exact) mass is 253 g/mol. The highest BCUT2D eigenvalue weighted by Crippen LogP contribution is 2.30. The summed E-state index contributed by atoms with van der Waals surface area (Å²) >= 11 is 0. The fraction of sp³-hybridized carbons (Fsp3) is 0.769. The highest BCUT2D eigenvalue weighted by Gasteiger charge is 2.20. The number of hydrogen-bond donors (Lipinski definition) is 1. The highest BCUT2D eigenvalue weighted by atomic mass is 16.5. The van der Waals surface area contributed by atoms with Gasteiger partial charge in [-0.15, -0.1) is 0 Å². The number of nitrogen functional groups attached to an aromatic ring is 1. The smallest absolute Gasteiger partial charge is 0.235 e. The van der Waals surface area contributed by atoms with E-state index in [0.717, 1.165) is 31.7 Å². The van der Waals surface area contributed by atoms with E-state index in [1.54, 1.807) is 4.68 Å². The van der Waals surface area contributed by atoms with E-state index < -0.39 is 0 Å². The Kier molecular flexibility index (Phi) is 4.11. The SMILES string of the molecule is CC(C)c1nn(C)c(OCC2CCOCC2)c1N. The first-order chi connectivity index (χ1) is 8.59. The van der Waals surface area contributed by atoms with Crippen LogP contribution < -0.4 is 10.5 Å². The molecule has 0 spiro atoms. The minimum absolute atomic E-state index is 0.316. The maximum absolute atomic E-state index is 6.09. The Hall–Kier alpha value is -1.23. The summed E-state index contributed by atoms with van der Waals surface area (Å²) in [6, 6.07) is 0. The molecule has 1 fully saturated rings. The lowest BCUT2D eigenvalue weighted by Gasteiger charge is -2.22. The molecule has 0 aromatic carbocycles. The quantitative estimate of drug-likeness (QED) is 0.890. The Balaban J connectivity index is 2.00. The van der Waals surface area contributed by atoms with Gasteiger partial charge in [-0.1, -0.05) is 13.8 Å². The van der Waals surface area contributed by atoms with Gasteiger partial charge in [-0.05, 0) is 24.7 Å². The van der Waals surface area contributed by atoms with Crippen LogP contribution in [-0.4, -0.2) is 29.6 Å². The fourth-order valence-corrected chi connectivity index (χ4v) is 2.25. The summed E-state index contributed by atoms with van der Waals surface area (Å²) in [7, 11) is 1.88. The number of hydrogen-bond acceptors (Lipinski definition) is 4. The van der Waals surface area contributed by atoms with Crippen molar-refractivity contribution in [1.82, 2.24) is 9.78 Å². The van der Waals surface area contributed by atoms with Crippen LogP contribution in [-0.2, 0) is 11.8 Å². The van der Waals surface area contributed by atoms with Crippen LogP contribution in [0.2, 0.25) is 0 Å². The van der Waals surface area contributed by atoms with Crippen LogP contribution in [0.5, 0.6) is 5.88 Å². The van der Waals surface area contributed by atoms with Gasteiger partial charge in [0.1, 0.15) is 5.69 Å². The second-order valence-electron chi connectivity index (χ2n) is 5.25. The summed E-state index contributed by atoms with van der Waals surface area (Å²) in [5.41, 5.74) is 7.68. The van der Waals surface area contributed by atoms with E-state index in [1.165, 1.54) is 0 Å². The molecule has 5 nitrogen and oxygen atoms in total. The molecule has 2 N–H and O–H groups in total. The van der Waals surface area contributed by atoms with Gasteiger partial charge in [0.2, 0.25) is 5.88 Å². The van der Waals surface area contributed by atoms with Gasteiger partial charge in [0.25, 0.3) is 0 Å². The third-order valence-corrected chi connectivity index (χ3v) is 3.40. The van der Waals surface area contributed by atoms with E-state index in [2.05, 4.69) is 18.9 Å². The average Bonchev–Trinajstić information content (AvgIpc) is 2.64. The maximum atomic E-state index is 6.09. The lowest BCUT2D eigenvalue weighted by atomic mass is 10.0. The van der Waals surface area contributed by atoms with Crippen LogP contribution in [0, 0.1) is 5.92 Å². The van der Waals surface area contributed by atoms with Crippen molar-refractivity contribution in [3.05, 3.63) is 5.69 Å². The second-order valence-corrected chi connectivity index (χ2v) is 5.25. The van der Waals surface area contributed by atoms with Crippen LogP contribution in [0.1, 0.15) is 38.3 Å². The summed E-state index contributed by atoms with van der Waals surface area (Å²) in [4.78, 5) is 0. The molecule has 1 aliphatic heterocycles. The molecule has 1 aliphatic rings. The predicted octanol–water partition coefficient (Wildman–Crippen LogP) is 1.93. The largest absolute Gasteiger partial charge is 0.476 e. The molecule has 2 rings (SSSR count). The van der Waals surface area contributed by atoms with E-state index in [0.29, 0.717) is 30.0 Å². The predicted molar refractivity (Wildman–Crippen MR) is 70.7 cm³/mol.